The lowest BCUT2D eigenvalue weighted by Gasteiger charge is -2.24. The van der Waals surface area contributed by atoms with Crippen molar-refractivity contribution >= 4 is 5.97 Å². The van der Waals surface area contributed by atoms with Crippen LogP contribution < -0.4 is 0 Å². The van der Waals surface area contributed by atoms with E-state index in [-0.39, 0.29) is 42.4 Å². The molecule has 0 saturated carbocycles. The molecule has 3 rings (SSSR count). The third-order valence-electron chi connectivity index (χ3n) is 10.5. The van der Waals surface area contributed by atoms with Crippen molar-refractivity contribution < 1.29 is 39.4 Å². The van der Waals surface area contributed by atoms with E-state index >= 15 is 0 Å². The number of hydrogen-bond donors (Lipinski definition) is 4. The maximum Gasteiger partial charge on any atom is 0.309 e. The highest BCUT2D eigenvalue weighted by Crippen LogP contribution is 2.32. The van der Waals surface area contributed by atoms with Gasteiger partial charge in [-0.15, -0.1) is 0 Å². The van der Waals surface area contributed by atoms with Gasteiger partial charge in [-0.1, -0.05) is 84.0 Å². The summed E-state index contributed by atoms with van der Waals surface area (Å²) in [6.07, 6.45) is 21.5. The summed E-state index contributed by atoms with van der Waals surface area (Å²) in [5.74, 6) is -0.287. The number of carbonyl (C=O) groups excluding carboxylic acids is 1. The number of cyclic esters (lactones) is 1. The maximum absolute atomic E-state index is 11.9. The summed E-state index contributed by atoms with van der Waals surface area (Å²) in [7, 11) is 0. The number of aliphatic hydroxyl groups is 4. The van der Waals surface area contributed by atoms with Gasteiger partial charge in [0.05, 0.1) is 54.7 Å². The van der Waals surface area contributed by atoms with Crippen molar-refractivity contribution in [3.63, 3.8) is 0 Å². The molecule has 4 N–H and O–H groups in total. The van der Waals surface area contributed by atoms with Crippen molar-refractivity contribution in [2.45, 2.75) is 223 Å². The lowest BCUT2D eigenvalue weighted by atomic mass is 9.96. The molecule has 0 aromatic carbocycles. The van der Waals surface area contributed by atoms with Gasteiger partial charge < -0.3 is 34.6 Å². The van der Waals surface area contributed by atoms with Crippen LogP contribution >= 0.6 is 0 Å². The highest BCUT2D eigenvalue weighted by atomic mass is 16.6. The van der Waals surface area contributed by atoms with E-state index in [1.54, 1.807) is 6.92 Å². The van der Waals surface area contributed by atoms with Crippen LogP contribution in [0.5, 0.6) is 0 Å². The largest absolute Gasteiger partial charge is 0.462 e. The van der Waals surface area contributed by atoms with Crippen LogP contribution in [0.2, 0.25) is 0 Å². The normalized spacial score (nSPS) is 29.6. The number of esters is 1. The van der Waals surface area contributed by atoms with Crippen LogP contribution in [0.25, 0.3) is 0 Å². The van der Waals surface area contributed by atoms with Crippen LogP contribution in [0.15, 0.2) is 0 Å². The van der Waals surface area contributed by atoms with Gasteiger partial charge in [0.15, 0.2) is 0 Å². The van der Waals surface area contributed by atoms with Gasteiger partial charge in [-0.25, -0.2) is 0 Å². The lowest BCUT2D eigenvalue weighted by molar-refractivity contribution is -0.145. The molecule has 3 heterocycles. The zero-order valence-corrected chi connectivity index (χ0v) is 28.7. The topological polar surface area (TPSA) is 126 Å². The highest BCUT2D eigenvalue weighted by Gasteiger charge is 2.36. The number of ether oxygens (including phenoxy) is 3. The lowest BCUT2D eigenvalue weighted by Crippen LogP contribution is -2.33. The maximum atomic E-state index is 11.9. The third-order valence-corrected chi connectivity index (χ3v) is 10.5. The van der Waals surface area contributed by atoms with Crippen LogP contribution in [0.4, 0.5) is 0 Å². The molecule has 3 saturated heterocycles. The van der Waals surface area contributed by atoms with Gasteiger partial charge in [0, 0.05) is 0 Å². The van der Waals surface area contributed by atoms with Gasteiger partial charge in [-0.2, -0.15) is 0 Å². The minimum Gasteiger partial charge on any atom is -0.462 e. The van der Waals surface area contributed by atoms with Gasteiger partial charge in [-0.05, 0) is 84.0 Å². The molecule has 0 bridgehead atoms. The van der Waals surface area contributed by atoms with Crippen molar-refractivity contribution in [1.29, 1.82) is 0 Å². The Hall–Kier alpha value is -0.770. The van der Waals surface area contributed by atoms with E-state index < -0.39 is 24.4 Å². The van der Waals surface area contributed by atoms with Crippen LogP contribution in [0.1, 0.15) is 168 Å². The molecule has 0 aromatic rings. The molecule has 45 heavy (non-hydrogen) atoms. The molecule has 3 aliphatic rings. The molecular formula is C37H68O8. The monoisotopic (exact) mass is 640 g/mol. The summed E-state index contributed by atoms with van der Waals surface area (Å²) in [6.45, 7) is 3.96. The van der Waals surface area contributed by atoms with E-state index in [0.29, 0.717) is 19.3 Å². The molecule has 0 aromatic heterocycles. The van der Waals surface area contributed by atoms with Gasteiger partial charge in [0.1, 0.15) is 6.10 Å². The number of aliphatic hydroxyl groups excluding tert-OH is 4. The predicted molar refractivity (Wildman–Crippen MR) is 177 cm³/mol. The first kappa shape index (κ1) is 38.7. The molecule has 0 spiro atoms. The number of hydrogen-bond acceptors (Lipinski definition) is 8. The smallest absolute Gasteiger partial charge is 0.309 e. The van der Waals surface area contributed by atoms with Crippen molar-refractivity contribution in [1.82, 2.24) is 0 Å². The summed E-state index contributed by atoms with van der Waals surface area (Å²) >= 11 is 0. The van der Waals surface area contributed by atoms with E-state index in [1.807, 2.05) is 0 Å². The molecule has 0 aliphatic carbocycles. The minimum atomic E-state index is -0.622. The van der Waals surface area contributed by atoms with Crippen LogP contribution in [-0.4, -0.2) is 81.3 Å². The second-order valence-corrected chi connectivity index (χ2v) is 14.6. The van der Waals surface area contributed by atoms with E-state index in [9.17, 15) is 25.2 Å². The van der Waals surface area contributed by atoms with E-state index in [4.69, 9.17) is 14.2 Å². The Labute approximate surface area is 274 Å². The Kier molecular flexibility index (Phi) is 18.9. The molecule has 3 aliphatic heterocycles. The third kappa shape index (κ3) is 14.9. The molecule has 8 nitrogen and oxygen atoms in total. The Morgan fingerprint density at radius 1 is 0.622 bits per heavy atom. The quantitative estimate of drug-likeness (QED) is 0.0627. The van der Waals surface area contributed by atoms with E-state index in [2.05, 4.69) is 6.92 Å². The van der Waals surface area contributed by atoms with Crippen LogP contribution in [-0.2, 0) is 19.0 Å². The van der Waals surface area contributed by atoms with Gasteiger partial charge in [-0.3, -0.25) is 4.79 Å². The SMILES string of the molecule is CCCCCCCCCC[C@@H](O)[C@@H]1CC[C@@H]([C@@H](O)CC[C@H](O)[C@@H]2CC[C@@H](CCCCCCC[C@H]3CC(CC(C)O)C(=O)O3)O2)O1. The Morgan fingerprint density at radius 2 is 1.11 bits per heavy atom. The Balaban J connectivity index is 1.16. The van der Waals surface area contributed by atoms with Crippen molar-refractivity contribution in [2.75, 3.05) is 0 Å². The average Bonchev–Trinajstić information content (AvgIpc) is 3.77. The number of carbonyl (C=O) groups is 1. The van der Waals surface area contributed by atoms with Crippen molar-refractivity contribution in [3.8, 4) is 0 Å². The van der Waals surface area contributed by atoms with Gasteiger partial charge >= 0.3 is 5.97 Å². The molecule has 10 atom stereocenters. The molecular weight excluding hydrogens is 572 g/mol. The molecule has 8 heteroatoms. The molecule has 0 amide bonds. The van der Waals surface area contributed by atoms with Gasteiger partial charge in [0.25, 0.3) is 0 Å². The first-order chi connectivity index (χ1) is 21.8. The Bertz CT molecular complexity index is 778. The molecule has 264 valence electrons. The van der Waals surface area contributed by atoms with Crippen molar-refractivity contribution in [3.05, 3.63) is 0 Å². The standard InChI is InChI=1S/C37H68O8/c1-3-4-5-6-7-8-12-15-18-31(39)35-23-24-36(45-35)33(41)21-20-32(40)34-22-19-29(43-34)16-13-10-9-11-14-17-30-26-28(25-27(2)38)37(42)44-30/h27-36,38-41H,3-26H2,1-2H3/t27?,28?,29-,30+,31-,32+,33+,34+,35+,36+/m1/s1. The first-order valence-corrected chi connectivity index (χ1v) is 19.0. The Morgan fingerprint density at radius 3 is 1.71 bits per heavy atom. The van der Waals surface area contributed by atoms with E-state index in [0.717, 1.165) is 89.9 Å². The summed E-state index contributed by atoms with van der Waals surface area (Å²) in [4.78, 5) is 11.9. The minimum absolute atomic E-state index is 0.0162. The molecule has 2 unspecified atom stereocenters. The fourth-order valence-electron chi connectivity index (χ4n) is 7.65. The predicted octanol–water partition coefficient (Wildman–Crippen LogP) is 6.91. The highest BCUT2D eigenvalue weighted by molar-refractivity contribution is 5.74. The average molecular weight is 641 g/mol. The van der Waals surface area contributed by atoms with Crippen LogP contribution in [0, 0.1) is 5.92 Å². The fraction of sp³-hybridized carbons (Fsp3) is 0.973. The second kappa shape index (κ2) is 22.0. The second-order valence-electron chi connectivity index (χ2n) is 14.6. The summed E-state index contributed by atoms with van der Waals surface area (Å²) in [6, 6.07) is 0. The summed E-state index contributed by atoms with van der Waals surface area (Å²) in [5, 5.41) is 41.7. The van der Waals surface area contributed by atoms with Crippen LogP contribution in [0.3, 0.4) is 0 Å². The van der Waals surface area contributed by atoms with Gasteiger partial charge in [0.2, 0.25) is 0 Å². The zero-order valence-electron chi connectivity index (χ0n) is 28.7. The summed E-state index contributed by atoms with van der Waals surface area (Å²) in [5.41, 5.74) is 0. The molecule has 0 radical (unpaired) electrons. The number of unbranched alkanes of at least 4 members (excludes halogenated alkanes) is 11. The zero-order chi connectivity index (χ0) is 32.4. The first-order valence-electron chi connectivity index (χ1n) is 19.0. The van der Waals surface area contributed by atoms with Crippen molar-refractivity contribution in [2.24, 2.45) is 5.92 Å². The van der Waals surface area contributed by atoms with E-state index in [1.165, 1.54) is 44.9 Å². The summed E-state index contributed by atoms with van der Waals surface area (Å²) < 4.78 is 17.7. The molecule has 3 fully saturated rings. The fourth-order valence-corrected chi connectivity index (χ4v) is 7.65. The number of rotatable bonds is 25.